The summed E-state index contributed by atoms with van der Waals surface area (Å²) in [7, 11) is 0. The summed E-state index contributed by atoms with van der Waals surface area (Å²) in [6.07, 6.45) is 1.19. The third kappa shape index (κ3) is 2.78. The molecule has 0 amide bonds. The van der Waals surface area contributed by atoms with Crippen LogP contribution in [0.5, 0.6) is 0 Å². The summed E-state index contributed by atoms with van der Waals surface area (Å²) in [6.45, 7) is 6.42. The van der Waals surface area contributed by atoms with Crippen molar-refractivity contribution in [2.24, 2.45) is 0 Å². The van der Waals surface area contributed by atoms with Crippen LogP contribution in [-0.4, -0.2) is 15.4 Å². The molecule has 0 radical (unpaired) electrons. The quantitative estimate of drug-likeness (QED) is 0.924. The first-order chi connectivity index (χ1) is 9.04. The van der Waals surface area contributed by atoms with Gasteiger partial charge in [0, 0.05) is 28.9 Å². The zero-order valence-electron chi connectivity index (χ0n) is 11.6. The maximum atomic E-state index is 4.59. The number of anilines is 1. The number of hydrogen-bond donors (Lipinski definition) is 1. The van der Waals surface area contributed by atoms with E-state index in [2.05, 4.69) is 65.8 Å². The highest BCUT2D eigenvalue weighted by molar-refractivity contribution is 7.09. The zero-order chi connectivity index (χ0) is 13.5. The van der Waals surface area contributed by atoms with E-state index in [-0.39, 0.29) is 5.41 Å². The first-order valence-electron chi connectivity index (χ1n) is 6.70. The fourth-order valence-electron chi connectivity index (χ4n) is 2.17. The van der Waals surface area contributed by atoms with Crippen molar-refractivity contribution in [3.05, 3.63) is 41.7 Å². The van der Waals surface area contributed by atoms with Crippen molar-refractivity contribution in [3.63, 3.8) is 0 Å². The Morgan fingerprint density at radius 1 is 1.21 bits per heavy atom. The van der Waals surface area contributed by atoms with E-state index in [9.17, 15) is 0 Å². The Labute approximate surface area is 118 Å². The minimum absolute atomic E-state index is 0.0266. The van der Waals surface area contributed by atoms with Crippen LogP contribution in [0.15, 0.2) is 30.3 Å². The third-order valence-corrected chi connectivity index (χ3v) is 4.07. The van der Waals surface area contributed by atoms with Crippen LogP contribution in [0.3, 0.4) is 0 Å². The SMILES string of the molecule is CC(C)(C)c1nsc(NC2CC2c2ccccc2)n1. The lowest BCUT2D eigenvalue weighted by atomic mass is 9.96. The van der Waals surface area contributed by atoms with E-state index < -0.39 is 0 Å². The van der Waals surface area contributed by atoms with Gasteiger partial charge in [-0.05, 0) is 12.0 Å². The Balaban J connectivity index is 1.64. The predicted molar refractivity (Wildman–Crippen MR) is 79.8 cm³/mol. The first-order valence-corrected chi connectivity index (χ1v) is 7.47. The molecule has 3 rings (SSSR count). The maximum Gasteiger partial charge on any atom is 0.202 e. The van der Waals surface area contributed by atoms with Gasteiger partial charge in [-0.2, -0.15) is 4.37 Å². The van der Waals surface area contributed by atoms with Gasteiger partial charge in [0.15, 0.2) is 0 Å². The molecule has 0 saturated heterocycles. The fraction of sp³-hybridized carbons (Fsp3) is 0.467. The van der Waals surface area contributed by atoms with Crippen molar-refractivity contribution in [2.75, 3.05) is 5.32 Å². The summed E-state index contributed by atoms with van der Waals surface area (Å²) in [5, 5.41) is 4.45. The number of rotatable bonds is 3. The van der Waals surface area contributed by atoms with Gasteiger partial charge in [-0.15, -0.1) is 0 Å². The molecule has 0 aliphatic heterocycles. The Kier molecular flexibility index (Phi) is 3.05. The fourth-order valence-corrected chi connectivity index (χ4v) is 2.99. The lowest BCUT2D eigenvalue weighted by molar-refractivity contribution is 0.555. The number of benzene rings is 1. The van der Waals surface area contributed by atoms with E-state index in [0.29, 0.717) is 12.0 Å². The predicted octanol–water partition coefficient (Wildman–Crippen LogP) is 3.80. The molecule has 0 spiro atoms. The molecule has 3 nitrogen and oxygen atoms in total. The second-order valence-corrected chi connectivity index (χ2v) is 6.93. The van der Waals surface area contributed by atoms with Gasteiger partial charge in [-0.25, -0.2) is 4.98 Å². The molecular weight excluding hydrogens is 254 g/mol. The van der Waals surface area contributed by atoms with Gasteiger partial charge in [0.2, 0.25) is 5.13 Å². The molecule has 1 N–H and O–H groups in total. The Bertz CT molecular complexity index is 556. The Hall–Kier alpha value is -1.42. The summed E-state index contributed by atoms with van der Waals surface area (Å²) in [5.41, 5.74) is 1.44. The molecule has 1 aliphatic carbocycles. The van der Waals surface area contributed by atoms with Crippen molar-refractivity contribution in [1.82, 2.24) is 9.36 Å². The summed E-state index contributed by atoms with van der Waals surface area (Å²) in [6, 6.07) is 11.2. The molecule has 19 heavy (non-hydrogen) atoms. The molecule has 2 unspecified atom stereocenters. The van der Waals surface area contributed by atoms with Gasteiger partial charge in [0.05, 0.1) is 0 Å². The van der Waals surface area contributed by atoms with Crippen LogP contribution < -0.4 is 5.32 Å². The second kappa shape index (κ2) is 4.60. The van der Waals surface area contributed by atoms with Crippen molar-refractivity contribution >= 4 is 16.7 Å². The van der Waals surface area contributed by atoms with Crippen LogP contribution in [0.1, 0.15) is 44.5 Å². The lowest BCUT2D eigenvalue weighted by Gasteiger charge is -2.12. The molecular formula is C15H19N3S. The van der Waals surface area contributed by atoms with Crippen molar-refractivity contribution < 1.29 is 0 Å². The summed E-state index contributed by atoms with van der Waals surface area (Å²) in [5.74, 6) is 1.56. The van der Waals surface area contributed by atoms with Gasteiger partial charge in [-0.3, -0.25) is 0 Å². The molecule has 1 heterocycles. The lowest BCUT2D eigenvalue weighted by Crippen LogP contribution is -2.13. The van der Waals surface area contributed by atoms with Gasteiger partial charge in [0.1, 0.15) is 5.82 Å². The molecule has 1 saturated carbocycles. The third-order valence-electron chi connectivity index (χ3n) is 3.42. The molecule has 1 aliphatic rings. The van der Waals surface area contributed by atoms with E-state index in [4.69, 9.17) is 0 Å². The summed E-state index contributed by atoms with van der Waals surface area (Å²) < 4.78 is 4.43. The van der Waals surface area contributed by atoms with E-state index in [1.807, 2.05) is 0 Å². The second-order valence-electron chi connectivity index (χ2n) is 6.18. The zero-order valence-corrected chi connectivity index (χ0v) is 12.4. The van der Waals surface area contributed by atoms with Crippen LogP contribution in [0.2, 0.25) is 0 Å². The van der Waals surface area contributed by atoms with Crippen LogP contribution in [0.4, 0.5) is 5.13 Å². The summed E-state index contributed by atoms with van der Waals surface area (Å²) >= 11 is 1.47. The van der Waals surface area contributed by atoms with Gasteiger partial charge in [0.25, 0.3) is 0 Å². The molecule has 2 aromatic rings. The van der Waals surface area contributed by atoms with Crippen molar-refractivity contribution in [1.29, 1.82) is 0 Å². The van der Waals surface area contributed by atoms with Crippen molar-refractivity contribution in [3.8, 4) is 0 Å². The molecule has 2 atom stereocenters. The normalized spacial score (nSPS) is 22.3. The van der Waals surface area contributed by atoms with Gasteiger partial charge < -0.3 is 5.32 Å². The largest absolute Gasteiger partial charge is 0.357 e. The molecule has 4 heteroatoms. The Morgan fingerprint density at radius 3 is 2.58 bits per heavy atom. The van der Waals surface area contributed by atoms with Crippen LogP contribution >= 0.6 is 11.5 Å². The standard InChI is InChI=1S/C15H19N3S/c1-15(2,3)13-17-14(19-18-13)16-12-9-11(12)10-7-5-4-6-8-10/h4-8,11-12H,9H2,1-3H3,(H,16,17,18). The van der Waals surface area contributed by atoms with Gasteiger partial charge in [-0.1, -0.05) is 51.1 Å². The van der Waals surface area contributed by atoms with Crippen LogP contribution in [-0.2, 0) is 5.41 Å². The van der Waals surface area contributed by atoms with Gasteiger partial charge >= 0.3 is 0 Å². The average Bonchev–Trinajstić information content (AvgIpc) is 2.95. The molecule has 1 aromatic heterocycles. The number of nitrogens with one attached hydrogen (secondary N) is 1. The number of aromatic nitrogens is 2. The topological polar surface area (TPSA) is 37.8 Å². The molecule has 1 fully saturated rings. The Morgan fingerprint density at radius 2 is 1.95 bits per heavy atom. The minimum Gasteiger partial charge on any atom is -0.357 e. The number of nitrogens with zero attached hydrogens (tertiary/aromatic N) is 2. The first kappa shape index (κ1) is 12.6. The number of hydrogen-bond acceptors (Lipinski definition) is 4. The van der Waals surface area contributed by atoms with E-state index in [0.717, 1.165) is 11.0 Å². The summed E-state index contributed by atoms with van der Waals surface area (Å²) in [4.78, 5) is 4.59. The van der Waals surface area contributed by atoms with E-state index >= 15 is 0 Å². The highest BCUT2D eigenvalue weighted by atomic mass is 32.1. The average molecular weight is 273 g/mol. The maximum absolute atomic E-state index is 4.59. The molecule has 100 valence electrons. The highest BCUT2D eigenvalue weighted by Crippen LogP contribution is 2.43. The van der Waals surface area contributed by atoms with Crippen LogP contribution in [0, 0.1) is 0 Å². The highest BCUT2D eigenvalue weighted by Gasteiger charge is 2.39. The monoisotopic (exact) mass is 273 g/mol. The van der Waals surface area contributed by atoms with Crippen LogP contribution in [0.25, 0.3) is 0 Å². The minimum atomic E-state index is 0.0266. The van der Waals surface area contributed by atoms with E-state index in [1.165, 1.54) is 23.5 Å². The van der Waals surface area contributed by atoms with Crippen molar-refractivity contribution in [2.45, 2.75) is 44.6 Å². The molecule has 1 aromatic carbocycles. The van der Waals surface area contributed by atoms with E-state index in [1.54, 1.807) is 0 Å². The smallest absolute Gasteiger partial charge is 0.202 e. The molecule has 0 bridgehead atoms.